The van der Waals surface area contributed by atoms with E-state index in [9.17, 15) is 9.18 Å². The summed E-state index contributed by atoms with van der Waals surface area (Å²) in [6.45, 7) is 2.86. The molecule has 2 rings (SSSR count). The molecule has 98 valence electrons. The molecular weight excluding hydrogens is 233 g/mol. The molecule has 0 aromatic heterocycles. The molecule has 0 bridgehead atoms. The Morgan fingerprint density at radius 2 is 2.22 bits per heavy atom. The molecule has 1 aromatic carbocycles. The fourth-order valence-electron chi connectivity index (χ4n) is 2.29. The highest BCUT2D eigenvalue weighted by Gasteiger charge is 2.35. The van der Waals surface area contributed by atoms with Gasteiger partial charge in [-0.1, -0.05) is 6.07 Å². The lowest BCUT2D eigenvalue weighted by Crippen LogP contribution is -2.62. The highest BCUT2D eigenvalue weighted by molar-refractivity contribution is 5.87. The highest BCUT2D eigenvalue weighted by Crippen LogP contribution is 2.23. The van der Waals surface area contributed by atoms with Crippen molar-refractivity contribution in [2.24, 2.45) is 5.73 Å². The lowest BCUT2D eigenvalue weighted by molar-refractivity contribution is -0.134. The molecule has 1 amide bonds. The van der Waals surface area contributed by atoms with E-state index in [0.717, 1.165) is 0 Å². The summed E-state index contributed by atoms with van der Waals surface area (Å²) in [4.78, 5) is 15.7. The van der Waals surface area contributed by atoms with Gasteiger partial charge in [-0.05, 0) is 25.1 Å². The monoisotopic (exact) mass is 251 g/mol. The van der Waals surface area contributed by atoms with Crippen molar-refractivity contribution in [1.82, 2.24) is 4.90 Å². The zero-order valence-electron chi connectivity index (χ0n) is 10.6. The van der Waals surface area contributed by atoms with E-state index in [1.54, 1.807) is 24.1 Å². The summed E-state index contributed by atoms with van der Waals surface area (Å²) < 4.78 is 13.3. The average Bonchev–Trinajstić information content (AvgIpc) is 2.35. The van der Waals surface area contributed by atoms with E-state index in [4.69, 9.17) is 5.73 Å². The Bertz CT molecular complexity index is 452. The van der Waals surface area contributed by atoms with Gasteiger partial charge in [-0.3, -0.25) is 4.79 Å². The lowest BCUT2D eigenvalue weighted by Gasteiger charge is -2.43. The zero-order valence-corrected chi connectivity index (χ0v) is 10.6. The Hall–Kier alpha value is -1.62. The maximum atomic E-state index is 13.3. The highest BCUT2D eigenvalue weighted by atomic mass is 19.1. The molecular formula is C13H18FN3O. The molecule has 0 aliphatic carbocycles. The fraction of sp³-hybridized carbons (Fsp3) is 0.462. The predicted octanol–water partition coefficient (Wildman–Crippen LogP) is 0.820. The molecule has 1 heterocycles. The van der Waals surface area contributed by atoms with Crippen molar-refractivity contribution in [3.05, 3.63) is 30.1 Å². The van der Waals surface area contributed by atoms with Crippen molar-refractivity contribution in [1.29, 1.82) is 0 Å². The molecule has 0 spiro atoms. The van der Waals surface area contributed by atoms with Gasteiger partial charge in [-0.25, -0.2) is 4.39 Å². The number of rotatable bonds is 2. The average molecular weight is 251 g/mol. The Morgan fingerprint density at radius 3 is 2.83 bits per heavy atom. The minimum atomic E-state index is -0.409. The number of amides is 1. The van der Waals surface area contributed by atoms with E-state index in [-0.39, 0.29) is 24.3 Å². The van der Waals surface area contributed by atoms with E-state index in [1.807, 2.05) is 11.8 Å². The number of hydrogen-bond donors (Lipinski definition) is 1. The topological polar surface area (TPSA) is 49.6 Å². The Morgan fingerprint density at radius 1 is 1.50 bits per heavy atom. The number of nitrogens with zero attached hydrogens (tertiary/aromatic N) is 2. The van der Waals surface area contributed by atoms with Crippen molar-refractivity contribution in [2.75, 3.05) is 25.0 Å². The van der Waals surface area contributed by atoms with Crippen molar-refractivity contribution >= 4 is 11.6 Å². The molecule has 18 heavy (non-hydrogen) atoms. The molecule has 2 N–H and O–H groups in total. The molecule has 2 unspecified atom stereocenters. The first-order valence-electron chi connectivity index (χ1n) is 6.03. The van der Waals surface area contributed by atoms with Gasteiger partial charge < -0.3 is 15.5 Å². The number of hydrogen-bond acceptors (Lipinski definition) is 3. The number of likely N-dealkylation sites (N-methyl/N-ethyl adjacent to an activating group) is 1. The van der Waals surface area contributed by atoms with Gasteiger partial charge in [0.25, 0.3) is 0 Å². The molecule has 0 radical (unpaired) electrons. The molecule has 2 atom stereocenters. The summed E-state index contributed by atoms with van der Waals surface area (Å²) in [6.07, 6.45) is 0. The molecule has 0 saturated carbocycles. The van der Waals surface area contributed by atoms with Gasteiger partial charge in [0.05, 0.1) is 0 Å². The van der Waals surface area contributed by atoms with Gasteiger partial charge in [0.1, 0.15) is 11.9 Å². The fourth-order valence-corrected chi connectivity index (χ4v) is 2.29. The molecule has 1 fully saturated rings. The summed E-state index contributed by atoms with van der Waals surface area (Å²) in [6, 6.07) is 5.95. The minimum absolute atomic E-state index is 0.0134. The largest absolute Gasteiger partial charge is 0.356 e. The maximum Gasteiger partial charge on any atom is 0.246 e. The van der Waals surface area contributed by atoms with E-state index >= 15 is 0 Å². The first kappa shape index (κ1) is 12.8. The van der Waals surface area contributed by atoms with Crippen LogP contribution in [0.4, 0.5) is 10.1 Å². The second-order valence-corrected chi connectivity index (χ2v) is 4.68. The summed E-state index contributed by atoms with van der Waals surface area (Å²) in [5.41, 5.74) is 6.39. The first-order chi connectivity index (χ1) is 8.54. The van der Waals surface area contributed by atoms with Crippen LogP contribution >= 0.6 is 0 Å². The van der Waals surface area contributed by atoms with Gasteiger partial charge in [-0.2, -0.15) is 0 Å². The molecule has 1 saturated heterocycles. The lowest BCUT2D eigenvalue weighted by atomic mass is 10.1. The van der Waals surface area contributed by atoms with Crippen LogP contribution in [0.5, 0.6) is 0 Å². The van der Waals surface area contributed by atoms with Gasteiger partial charge in [0.2, 0.25) is 5.91 Å². The third-order valence-electron chi connectivity index (χ3n) is 3.49. The van der Waals surface area contributed by atoms with Crippen LogP contribution < -0.4 is 10.6 Å². The van der Waals surface area contributed by atoms with Gasteiger partial charge in [0.15, 0.2) is 0 Å². The van der Waals surface area contributed by atoms with Crippen LogP contribution in [0, 0.1) is 5.82 Å². The third-order valence-corrected chi connectivity index (χ3v) is 3.49. The molecule has 1 aliphatic heterocycles. The van der Waals surface area contributed by atoms with Crippen molar-refractivity contribution in [3.8, 4) is 0 Å². The summed E-state index contributed by atoms with van der Waals surface area (Å²) in [7, 11) is 1.78. The summed E-state index contributed by atoms with van der Waals surface area (Å²) >= 11 is 0. The van der Waals surface area contributed by atoms with Crippen LogP contribution in [0.3, 0.4) is 0 Å². The smallest absolute Gasteiger partial charge is 0.246 e. The quantitative estimate of drug-likeness (QED) is 0.846. The minimum Gasteiger partial charge on any atom is -0.356 e. The van der Waals surface area contributed by atoms with Crippen LogP contribution in [0.2, 0.25) is 0 Å². The first-order valence-corrected chi connectivity index (χ1v) is 6.03. The van der Waals surface area contributed by atoms with Crippen LogP contribution in [0.1, 0.15) is 6.92 Å². The van der Waals surface area contributed by atoms with Gasteiger partial charge in [0, 0.05) is 31.9 Å². The van der Waals surface area contributed by atoms with Crippen LogP contribution in [-0.4, -0.2) is 43.0 Å². The SMILES string of the molecule is CC1CN(c2cccc(F)c2)C(CN)C(=O)N1C. The second-order valence-electron chi connectivity index (χ2n) is 4.68. The van der Waals surface area contributed by atoms with Crippen LogP contribution in [-0.2, 0) is 4.79 Å². The van der Waals surface area contributed by atoms with Gasteiger partial charge in [-0.15, -0.1) is 0 Å². The maximum absolute atomic E-state index is 13.3. The third kappa shape index (κ3) is 2.18. The van der Waals surface area contributed by atoms with E-state index in [0.29, 0.717) is 12.2 Å². The van der Waals surface area contributed by atoms with E-state index in [1.165, 1.54) is 12.1 Å². The molecule has 1 aliphatic rings. The standard InChI is InChI=1S/C13H18FN3O/c1-9-8-17(11-5-3-4-10(14)6-11)12(7-15)13(18)16(9)2/h3-6,9,12H,7-8,15H2,1-2H3. The summed E-state index contributed by atoms with van der Waals surface area (Å²) in [5, 5.41) is 0. The van der Waals surface area contributed by atoms with E-state index < -0.39 is 6.04 Å². The number of halogens is 1. The zero-order chi connectivity index (χ0) is 13.3. The Kier molecular flexibility index (Phi) is 3.52. The Balaban J connectivity index is 2.33. The van der Waals surface area contributed by atoms with Crippen molar-refractivity contribution in [3.63, 3.8) is 0 Å². The second kappa shape index (κ2) is 4.94. The number of carbonyl (C=O) groups excluding carboxylic acids is 1. The molecule has 5 heteroatoms. The van der Waals surface area contributed by atoms with Crippen LogP contribution in [0.25, 0.3) is 0 Å². The molecule has 4 nitrogen and oxygen atoms in total. The summed E-state index contributed by atoms with van der Waals surface area (Å²) in [5.74, 6) is -0.317. The van der Waals surface area contributed by atoms with E-state index in [2.05, 4.69) is 0 Å². The number of piperazine rings is 1. The number of anilines is 1. The van der Waals surface area contributed by atoms with Gasteiger partial charge >= 0.3 is 0 Å². The predicted molar refractivity (Wildman–Crippen MR) is 68.8 cm³/mol. The van der Waals surface area contributed by atoms with Crippen LogP contribution in [0.15, 0.2) is 24.3 Å². The van der Waals surface area contributed by atoms with Crippen molar-refractivity contribution < 1.29 is 9.18 Å². The molecule has 1 aromatic rings. The normalized spacial score (nSPS) is 24.6. The Labute approximate surface area is 106 Å². The number of carbonyl (C=O) groups is 1. The number of benzene rings is 1. The van der Waals surface area contributed by atoms with Crippen molar-refractivity contribution in [2.45, 2.75) is 19.0 Å². The number of nitrogens with two attached hydrogens (primary N) is 1.